The van der Waals surface area contributed by atoms with E-state index in [1.54, 1.807) is 113 Å². The number of carbonyl (C=O) groups is 11. The van der Waals surface area contributed by atoms with Crippen LogP contribution in [0.2, 0.25) is 0 Å². The standard InChI is InChI=1S/C90H111N17O16/c1-54(102(15)83(117)122-87(9,10)11)74(108)96-72(85(3,4)5)78(112)104-42-22-40-89(104)81(115)93-69(47-57-28-32-59-24-18-20-26-62(59)44-57)76(110)92-64(49-91)46-56-30-36-67(37-31-56)120-52-65-50-107(100-98-65)90(41-23-43-105(90)79(113)73(86(6,7)8)97-75(109)55(2)103(16)84(118)123-88(12,13)14)82(116)94-70(48-58-29-33-60-25-19-21-27-63(60)45-58)77(111)95-71(80(114)119-17)61-34-38-68(39-35-61)121-53-66-51-106(89)101-99-66/h18-21,24-39,44-45,50-51,54-55,64,69-73H,22-23,40-43,46-48,52-53H2,1-17H3,(H,92,110)(H,93,115)(H,94,116)(H,95,111)(H,96,108)(H,97,109)/t54-,55-,64-,69-,70-,71-,72+,73+,89+,90?/m0/s1. The van der Waals surface area contributed by atoms with E-state index in [0.29, 0.717) is 22.4 Å². The zero-order valence-electron chi connectivity index (χ0n) is 72.7. The lowest BCUT2D eigenvalue weighted by Gasteiger charge is -2.42. The highest BCUT2D eigenvalue weighted by atomic mass is 16.6. The fraction of sp³-hybridized carbons (Fsp3) is 0.467. The Hall–Kier alpha value is -13.0. The van der Waals surface area contributed by atoms with Gasteiger partial charge in [0.05, 0.1) is 25.6 Å². The molecular formula is C90H111N17O16. The van der Waals surface area contributed by atoms with E-state index in [4.69, 9.17) is 23.7 Å². The summed E-state index contributed by atoms with van der Waals surface area (Å²) in [6, 6.07) is 30.4. The van der Waals surface area contributed by atoms with Crippen LogP contribution in [-0.4, -0.2) is 203 Å². The van der Waals surface area contributed by atoms with E-state index < -0.39 is 147 Å². The summed E-state index contributed by atoms with van der Waals surface area (Å²) in [5.74, 6) is -6.63. The van der Waals surface area contributed by atoms with Crippen LogP contribution >= 0.6 is 0 Å². The summed E-state index contributed by atoms with van der Waals surface area (Å²) < 4.78 is 31.6. The van der Waals surface area contributed by atoms with E-state index in [2.05, 4.69) is 58.6 Å². The van der Waals surface area contributed by atoms with Gasteiger partial charge in [-0.05, 0) is 147 Å². The molecule has 0 radical (unpaired) electrons. The average molecular weight is 1690 g/mol. The number of aromatic nitrogens is 6. The molecule has 8 aromatic rings. The molecule has 10 atom stereocenters. The topological polar surface area (TPSA) is 404 Å². The van der Waals surface area contributed by atoms with Crippen molar-refractivity contribution in [3.63, 3.8) is 0 Å². The monoisotopic (exact) mass is 1690 g/mol. The number of esters is 1. The van der Waals surface area contributed by atoms with Crippen LogP contribution in [0, 0.1) is 22.2 Å². The van der Waals surface area contributed by atoms with Crippen molar-refractivity contribution >= 4 is 87.0 Å². The number of nitriles is 1. The molecule has 10 amide bonds. The van der Waals surface area contributed by atoms with Crippen molar-refractivity contribution in [3.8, 4) is 17.6 Å². The fourth-order valence-electron chi connectivity index (χ4n) is 15.1. The highest BCUT2D eigenvalue weighted by Crippen LogP contribution is 2.40. The molecule has 6 aromatic carbocycles. The number of rotatable bonds is 13. The van der Waals surface area contributed by atoms with E-state index in [1.807, 2.05) is 78.9 Å². The van der Waals surface area contributed by atoms with Crippen LogP contribution in [0.4, 0.5) is 9.59 Å². The molecule has 8 bridgehead atoms. The predicted molar refractivity (Wildman–Crippen MR) is 452 cm³/mol. The quantitative estimate of drug-likeness (QED) is 0.0465. The Kier molecular flexibility index (Phi) is 27.4. The predicted octanol–water partition coefficient (Wildman–Crippen LogP) is 8.51. The third kappa shape index (κ3) is 21.1. The fourth-order valence-corrected chi connectivity index (χ4v) is 15.1. The first-order chi connectivity index (χ1) is 58.0. The van der Waals surface area contributed by atoms with Crippen LogP contribution in [0.1, 0.15) is 162 Å². The number of likely N-dealkylation sites (tertiary alicyclic amines) is 2. The molecule has 2 fully saturated rings. The molecule has 6 aliphatic rings. The van der Waals surface area contributed by atoms with Gasteiger partial charge < -0.3 is 65.4 Å². The maximum Gasteiger partial charge on any atom is 0.410 e. The highest BCUT2D eigenvalue weighted by molar-refractivity contribution is 6.00. The number of likely N-dealkylation sites (N-methyl/N-ethyl adjacent to an activating group) is 2. The molecule has 123 heavy (non-hydrogen) atoms. The normalized spacial score (nSPS) is 20.6. The number of carbonyl (C=O) groups excluding carboxylic acids is 11. The van der Waals surface area contributed by atoms with E-state index in [0.717, 1.165) is 38.5 Å². The van der Waals surface area contributed by atoms with Crippen molar-refractivity contribution < 1.29 is 76.4 Å². The molecule has 0 aliphatic carbocycles. The second kappa shape index (κ2) is 37.1. The van der Waals surface area contributed by atoms with Gasteiger partial charge in [-0.25, -0.2) is 23.7 Å². The maximum atomic E-state index is 16.3. The van der Waals surface area contributed by atoms with Gasteiger partial charge in [-0.15, -0.1) is 10.2 Å². The number of fused-ring (bicyclic) bond motifs is 2. The van der Waals surface area contributed by atoms with Crippen LogP contribution in [0.5, 0.6) is 11.5 Å². The molecule has 6 aliphatic heterocycles. The van der Waals surface area contributed by atoms with Gasteiger partial charge in [0.2, 0.25) is 46.8 Å². The Morgan fingerprint density at radius 1 is 0.553 bits per heavy atom. The number of benzene rings is 6. The van der Waals surface area contributed by atoms with E-state index in [-0.39, 0.29) is 93.9 Å². The lowest BCUT2D eigenvalue weighted by atomic mass is 9.85. The number of nitrogens with zero attached hydrogens (tertiary/aromatic N) is 11. The van der Waals surface area contributed by atoms with Gasteiger partial charge in [-0.2, -0.15) is 5.26 Å². The molecule has 6 N–H and O–H groups in total. The molecule has 8 heterocycles. The Bertz CT molecular complexity index is 5310. The highest BCUT2D eigenvalue weighted by Gasteiger charge is 2.58. The SMILES string of the molecule is COC(=O)[C@H]1NC(=O)[C@H](Cc2ccc3ccccc3c2)NC(=O)C2(CCCN2C(=O)[C@@H](NC(=O)[C@H](C)N(C)C(=O)OC(C)(C)C)C(C)(C)C)n2cc(nn2)COc2ccc(cc2)C[C@@H](C#N)NC(=O)[C@H](Cc2ccc3ccccc3c2)NC(=O)[C@@]2(CCCN2C(=O)[C@@H](NC(=O)[C@H](C)N(C)C(=O)OC(C)(C)C)C(C)(C)C)n2cc(nn2)COc2ccc1cc2. The van der Waals surface area contributed by atoms with Gasteiger partial charge in [0.15, 0.2) is 6.04 Å². The minimum atomic E-state index is -2.14. The molecule has 33 heteroatoms. The van der Waals surface area contributed by atoms with Crippen LogP contribution in [-0.2, 0) is 101 Å². The Morgan fingerprint density at radius 2 is 0.951 bits per heavy atom. The first kappa shape index (κ1) is 90.7. The number of hydrogen-bond acceptors (Lipinski definition) is 21. The van der Waals surface area contributed by atoms with Gasteiger partial charge in [0.25, 0.3) is 11.8 Å². The van der Waals surface area contributed by atoms with Crippen molar-refractivity contribution in [2.24, 2.45) is 10.8 Å². The molecule has 14 rings (SSSR count). The molecule has 33 nitrogen and oxygen atoms in total. The van der Waals surface area contributed by atoms with Gasteiger partial charge in [-0.1, -0.05) is 161 Å². The van der Waals surface area contributed by atoms with E-state index in [1.165, 1.54) is 83.8 Å². The third-order valence-electron chi connectivity index (χ3n) is 22.2. The third-order valence-corrected chi connectivity index (χ3v) is 22.2. The van der Waals surface area contributed by atoms with Crippen LogP contribution in [0.3, 0.4) is 0 Å². The first-order valence-electron chi connectivity index (χ1n) is 41.1. The Labute approximate surface area is 714 Å². The molecule has 652 valence electrons. The summed E-state index contributed by atoms with van der Waals surface area (Å²) in [6.45, 7) is 22.8. The summed E-state index contributed by atoms with van der Waals surface area (Å²) in [5, 5.41) is 49.9. The second-order valence-corrected chi connectivity index (χ2v) is 35.8. The number of amides is 10. The van der Waals surface area contributed by atoms with Gasteiger partial charge in [0.1, 0.15) is 89.6 Å². The zero-order chi connectivity index (χ0) is 89.4. The number of methoxy groups -OCH3 is 1. The smallest absolute Gasteiger partial charge is 0.410 e. The molecule has 0 saturated carbocycles. The molecule has 2 spiro atoms. The first-order valence-corrected chi connectivity index (χ1v) is 41.1. The van der Waals surface area contributed by atoms with Crippen molar-refractivity contribution in [2.75, 3.05) is 34.3 Å². The number of nitrogens with one attached hydrogen (secondary N) is 6. The summed E-state index contributed by atoms with van der Waals surface area (Å²) in [7, 11) is 3.95. The van der Waals surface area contributed by atoms with Crippen molar-refractivity contribution in [1.29, 1.82) is 5.26 Å². The van der Waals surface area contributed by atoms with Crippen molar-refractivity contribution in [3.05, 3.63) is 179 Å². The van der Waals surface area contributed by atoms with Crippen molar-refractivity contribution in [2.45, 2.75) is 226 Å². The van der Waals surface area contributed by atoms with Gasteiger partial charge >= 0.3 is 18.2 Å². The molecule has 2 aromatic heterocycles. The maximum absolute atomic E-state index is 16.3. The summed E-state index contributed by atoms with van der Waals surface area (Å²) >= 11 is 0. The van der Waals surface area contributed by atoms with Crippen LogP contribution in [0.25, 0.3) is 21.5 Å². The minimum absolute atomic E-state index is 0.0440. The van der Waals surface area contributed by atoms with E-state index in [9.17, 15) is 29.2 Å². The lowest BCUT2D eigenvalue weighted by molar-refractivity contribution is -0.157. The largest absolute Gasteiger partial charge is 0.487 e. The minimum Gasteiger partial charge on any atom is -0.487 e. The number of ether oxygens (including phenoxy) is 5. The second-order valence-electron chi connectivity index (χ2n) is 35.8. The molecule has 1 unspecified atom stereocenters. The van der Waals surface area contributed by atoms with Crippen LogP contribution in [0.15, 0.2) is 146 Å². The van der Waals surface area contributed by atoms with Gasteiger partial charge in [-0.3, -0.25) is 48.2 Å². The Balaban J connectivity index is 0.985. The lowest BCUT2D eigenvalue weighted by Crippen LogP contribution is -2.66. The average Bonchev–Trinajstić information content (AvgIpc) is 1.60. The van der Waals surface area contributed by atoms with E-state index >= 15 is 28.8 Å². The van der Waals surface area contributed by atoms with Crippen molar-refractivity contribution in [1.82, 2.24) is 81.5 Å². The molecule has 2 saturated heterocycles. The zero-order valence-corrected chi connectivity index (χ0v) is 72.7. The summed E-state index contributed by atoms with van der Waals surface area (Å²) in [6.07, 6.45) is 1.13. The molecular weight excluding hydrogens is 1580 g/mol. The number of hydrogen-bond donors (Lipinski definition) is 6. The summed E-state index contributed by atoms with van der Waals surface area (Å²) in [5.41, 5.74) is -5.90. The van der Waals surface area contributed by atoms with Crippen LogP contribution < -0.4 is 41.4 Å². The Morgan fingerprint density at radius 3 is 1.34 bits per heavy atom. The van der Waals surface area contributed by atoms with Gasteiger partial charge in [0, 0.05) is 59.3 Å². The summed E-state index contributed by atoms with van der Waals surface area (Å²) in [4.78, 5) is 170.